The Kier molecular flexibility index (Phi) is 1.69. The van der Waals surface area contributed by atoms with Gasteiger partial charge in [0.25, 0.3) is 5.56 Å². The molecule has 0 aliphatic carbocycles. The third-order valence-electron chi connectivity index (χ3n) is 1.65. The summed E-state index contributed by atoms with van der Waals surface area (Å²) in [6.07, 6.45) is 3.21. The van der Waals surface area contributed by atoms with Gasteiger partial charge >= 0.3 is 0 Å². The number of hydrogen-bond acceptors (Lipinski definition) is 2. The first-order chi connectivity index (χ1) is 5.79. The first kappa shape index (κ1) is 7.49. The van der Waals surface area contributed by atoms with Crippen LogP contribution in [0, 0.1) is 0 Å². The van der Waals surface area contributed by atoms with Gasteiger partial charge in [0.05, 0.1) is 5.39 Å². The molecule has 0 atom stereocenters. The van der Waals surface area contributed by atoms with Crippen molar-refractivity contribution >= 4 is 26.7 Å². The summed E-state index contributed by atoms with van der Waals surface area (Å²) in [6.45, 7) is 0. The SMILES string of the molecule is O=c1[nH]ccc2c(Br)nccc12. The van der Waals surface area contributed by atoms with E-state index >= 15 is 0 Å². The summed E-state index contributed by atoms with van der Waals surface area (Å²) in [7, 11) is 0. The summed E-state index contributed by atoms with van der Waals surface area (Å²) in [5.74, 6) is 0. The van der Waals surface area contributed by atoms with Crippen molar-refractivity contribution in [2.75, 3.05) is 0 Å². The quantitative estimate of drug-likeness (QED) is 0.693. The van der Waals surface area contributed by atoms with Crippen molar-refractivity contribution in [1.29, 1.82) is 0 Å². The van der Waals surface area contributed by atoms with Crippen LogP contribution in [0.3, 0.4) is 0 Å². The van der Waals surface area contributed by atoms with Crippen molar-refractivity contribution in [3.05, 3.63) is 39.5 Å². The van der Waals surface area contributed by atoms with E-state index < -0.39 is 0 Å². The smallest absolute Gasteiger partial charge is 0.255 e. The zero-order chi connectivity index (χ0) is 8.55. The van der Waals surface area contributed by atoms with E-state index in [1.54, 1.807) is 18.5 Å². The van der Waals surface area contributed by atoms with Gasteiger partial charge in [0.1, 0.15) is 4.60 Å². The highest BCUT2D eigenvalue weighted by atomic mass is 79.9. The van der Waals surface area contributed by atoms with Gasteiger partial charge < -0.3 is 4.98 Å². The molecule has 2 aromatic rings. The van der Waals surface area contributed by atoms with Gasteiger partial charge in [0, 0.05) is 17.8 Å². The Balaban J connectivity index is 3.05. The zero-order valence-electron chi connectivity index (χ0n) is 6.04. The fourth-order valence-electron chi connectivity index (χ4n) is 1.08. The summed E-state index contributed by atoms with van der Waals surface area (Å²) in [5.41, 5.74) is -0.0874. The van der Waals surface area contributed by atoms with Crippen molar-refractivity contribution in [3.8, 4) is 0 Å². The highest BCUT2D eigenvalue weighted by Gasteiger charge is 2.00. The van der Waals surface area contributed by atoms with Crippen molar-refractivity contribution in [2.24, 2.45) is 0 Å². The molecule has 0 radical (unpaired) electrons. The number of nitrogens with zero attached hydrogens (tertiary/aromatic N) is 1. The highest BCUT2D eigenvalue weighted by Crippen LogP contribution is 2.16. The molecule has 0 aliphatic rings. The molecule has 0 fully saturated rings. The largest absolute Gasteiger partial charge is 0.329 e. The number of halogens is 1. The number of hydrogen-bond donors (Lipinski definition) is 1. The minimum absolute atomic E-state index is 0.0874. The van der Waals surface area contributed by atoms with Gasteiger partial charge in [-0.3, -0.25) is 4.79 Å². The Labute approximate surface area is 76.6 Å². The van der Waals surface area contributed by atoms with Crippen LogP contribution < -0.4 is 5.56 Å². The number of H-pyrrole nitrogens is 1. The maximum Gasteiger partial charge on any atom is 0.255 e. The summed E-state index contributed by atoms with van der Waals surface area (Å²) in [4.78, 5) is 17.8. The van der Waals surface area contributed by atoms with Gasteiger partial charge in [-0.15, -0.1) is 0 Å². The topological polar surface area (TPSA) is 45.8 Å². The normalized spacial score (nSPS) is 10.4. The first-order valence-corrected chi connectivity index (χ1v) is 4.20. The molecule has 0 unspecified atom stereocenters. The Hall–Kier alpha value is -1.16. The van der Waals surface area contributed by atoms with E-state index in [4.69, 9.17) is 0 Å². The predicted molar refractivity (Wildman–Crippen MR) is 50.1 cm³/mol. The van der Waals surface area contributed by atoms with Crippen LogP contribution in [0.2, 0.25) is 0 Å². The molecule has 0 amide bonds. The summed E-state index contributed by atoms with van der Waals surface area (Å²) < 4.78 is 0.700. The average molecular weight is 225 g/mol. The number of fused-ring (bicyclic) bond motifs is 1. The van der Waals surface area contributed by atoms with Crippen molar-refractivity contribution in [3.63, 3.8) is 0 Å². The molecule has 0 bridgehead atoms. The lowest BCUT2D eigenvalue weighted by Crippen LogP contribution is -2.04. The molecule has 1 N–H and O–H groups in total. The fourth-order valence-corrected chi connectivity index (χ4v) is 1.55. The molecule has 0 saturated carbocycles. The van der Waals surface area contributed by atoms with Gasteiger partial charge in [-0.05, 0) is 28.1 Å². The average Bonchev–Trinajstić information content (AvgIpc) is 2.07. The van der Waals surface area contributed by atoms with E-state index in [-0.39, 0.29) is 5.56 Å². The number of rotatable bonds is 0. The molecule has 2 aromatic heterocycles. The maximum atomic E-state index is 11.2. The standard InChI is InChI=1S/C8H5BrN2O/c9-7-5-1-4-11-8(12)6(5)2-3-10-7/h1-4H,(H,11,12). The van der Waals surface area contributed by atoms with Crippen LogP contribution in [0.4, 0.5) is 0 Å². The molecule has 0 aromatic carbocycles. The monoisotopic (exact) mass is 224 g/mol. The number of aromatic amines is 1. The van der Waals surface area contributed by atoms with E-state index in [9.17, 15) is 4.79 Å². The summed E-state index contributed by atoms with van der Waals surface area (Å²) in [5, 5.41) is 1.49. The molecular weight excluding hydrogens is 220 g/mol. The Morgan fingerprint density at radius 1 is 1.33 bits per heavy atom. The van der Waals surface area contributed by atoms with Crippen molar-refractivity contribution < 1.29 is 0 Å². The molecule has 0 aliphatic heterocycles. The number of pyridine rings is 2. The lowest BCUT2D eigenvalue weighted by atomic mass is 10.2. The second-order valence-corrected chi connectivity index (χ2v) is 3.12. The molecular formula is C8H5BrN2O. The van der Waals surface area contributed by atoms with Crippen LogP contribution in [0.15, 0.2) is 33.9 Å². The van der Waals surface area contributed by atoms with Gasteiger partial charge in [0.2, 0.25) is 0 Å². The highest BCUT2D eigenvalue weighted by molar-refractivity contribution is 9.10. The van der Waals surface area contributed by atoms with E-state index in [0.717, 1.165) is 5.39 Å². The van der Waals surface area contributed by atoms with E-state index in [1.165, 1.54) is 0 Å². The van der Waals surface area contributed by atoms with Crippen molar-refractivity contribution in [2.45, 2.75) is 0 Å². The Morgan fingerprint density at radius 3 is 2.92 bits per heavy atom. The molecule has 60 valence electrons. The Morgan fingerprint density at radius 2 is 2.17 bits per heavy atom. The molecule has 0 spiro atoms. The second-order valence-electron chi connectivity index (χ2n) is 2.37. The molecule has 2 rings (SSSR count). The van der Waals surface area contributed by atoms with E-state index in [2.05, 4.69) is 25.9 Å². The number of aromatic nitrogens is 2. The molecule has 2 heterocycles. The first-order valence-electron chi connectivity index (χ1n) is 3.41. The third kappa shape index (κ3) is 1.04. The Bertz CT molecular complexity index is 478. The maximum absolute atomic E-state index is 11.2. The van der Waals surface area contributed by atoms with Gasteiger partial charge in [-0.1, -0.05) is 0 Å². The second kappa shape index (κ2) is 2.71. The number of nitrogens with one attached hydrogen (secondary N) is 1. The minimum Gasteiger partial charge on any atom is -0.329 e. The zero-order valence-corrected chi connectivity index (χ0v) is 7.63. The fraction of sp³-hybridized carbons (Fsp3) is 0. The van der Waals surface area contributed by atoms with Crippen LogP contribution in [-0.4, -0.2) is 9.97 Å². The molecule has 12 heavy (non-hydrogen) atoms. The van der Waals surface area contributed by atoms with Gasteiger partial charge in [0.15, 0.2) is 0 Å². The third-order valence-corrected chi connectivity index (χ3v) is 2.28. The lowest BCUT2D eigenvalue weighted by molar-refractivity contribution is 1.25. The van der Waals surface area contributed by atoms with Crippen LogP contribution >= 0.6 is 15.9 Å². The van der Waals surface area contributed by atoms with Gasteiger partial charge in [-0.2, -0.15) is 0 Å². The van der Waals surface area contributed by atoms with Crippen LogP contribution in [0.5, 0.6) is 0 Å². The van der Waals surface area contributed by atoms with Crippen molar-refractivity contribution in [1.82, 2.24) is 9.97 Å². The molecule has 3 nitrogen and oxygen atoms in total. The van der Waals surface area contributed by atoms with Gasteiger partial charge in [-0.25, -0.2) is 4.98 Å². The van der Waals surface area contributed by atoms with Crippen LogP contribution in [-0.2, 0) is 0 Å². The molecule has 0 saturated heterocycles. The van der Waals surface area contributed by atoms with E-state index in [1.807, 2.05) is 6.07 Å². The summed E-state index contributed by atoms with van der Waals surface area (Å²) in [6, 6.07) is 3.51. The van der Waals surface area contributed by atoms with Crippen LogP contribution in [0.1, 0.15) is 0 Å². The minimum atomic E-state index is -0.0874. The summed E-state index contributed by atoms with van der Waals surface area (Å²) >= 11 is 3.27. The predicted octanol–water partition coefficient (Wildman–Crippen LogP) is 1.69. The van der Waals surface area contributed by atoms with Crippen LogP contribution in [0.25, 0.3) is 10.8 Å². The van der Waals surface area contributed by atoms with E-state index in [0.29, 0.717) is 9.99 Å². The lowest BCUT2D eigenvalue weighted by Gasteiger charge is -1.96. The molecule has 4 heteroatoms.